The molecule has 0 amide bonds. The van der Waals surface area contributed by atoms with Gasteiger partial charge in [-0.05, 0) is 48.9 Å². The molecule has 0 aliphatic carbocycles. The molecule has 0 aromatic heterocycles. The van der Waals surface area contributed by atoms with E-state index in [0.717, 1.165) is 5.56 Å². The average molecular weight is 509 g/mol. The third-order valence-electron chi connectivity index (χ3n) is 4.67. The van der Waals surface area contributed by atoms with E-state index in [2.05, 4.69) is 12.6 Å². The molecule has 0 saturated heterocycles. The number of sulfonamides is 2. The molecule has 178 valence electrons. The molecule has 2 N–H and O–H groups in total. The Kier molecular flexibility index (Phi) is 9.93. The molecule has 0 saturated carbocycles. The van der Waals surface area contributed by atoms with E-state index in [-0.39, 0.29) is 15.8 Å². The number of hydrogen-bond acceptors (Lipinski definition) is 6. The highest BCUT2D eigenvalue weighted by Gasteiger charge is 2.28. The summed E-state index contributed by atoms with van der Waals surface area (Å²) < 4.78 is 53.8. The highest BCUT2D eigenvalue weighted by molar-refractivity contribution is 7.89. The molecule has 1 unspecified atom stereocenters. The number of nitrogens with zero attached hydrogens (tertiary/aromatic N) is 1. The van der Waals surface area contributed by atoms with Gasteiger partial charge in [0, 0.05) is 18.3 Å². The topological polar surface area (TPSA) is 107 Å². The number of rotatable bonds is 8. The van der Waals surface area contributed by atoms with Gasteiger partial charge in [-0.25, -0.2) is 22.0 Å². The molecule has 0 bridgehead atoms. The number of nitrogens with two attached hydrogens (primary N) is 1. The molecule has 3 rings (SSSR count). The summed E-state index contributed by atoms with van der Waals surface area (Å²) in [4.78, 5) is 0.401. The van der Waals surface area contributed by atoms with Gasteiger partial charge in [-0.1, -0.05) is 48.5 Å². The van der Waals surface area contributed by atoms with Gasteiger partial charge in [-0.2, -0.15) is 16.9 Å². The molecule has 1 atom stereocenters. The summed E-state index contributed by atoms with van der Waals surface area (Å²) in [5.41, 5.74) is 0.943. The Balaban J connectivity index is 0.000000321. The van der Waals surface area contributed by atoms with Gasteiger partial charge >= 0.3 is 0 Å². The van der Waals surface area contributed by atoms with Crippen molar-refractivity contribution in [3.05, 3.63) is 90.5 Å². The number of benzene rings is 3. The van der Waals surface area contributed by atoms with Crippen molar-refractivity contribution in [1.82, 2.24) is 4.31 Å². The van der Waals surface area contributed by atoms with Crippen molar-refractivity contribution in [1.29, 1.82) is 0 Å². The van der Waals surface area contributed by atoms with Crippen LogP contribution in [0.25, 0.3) is 0 Å². The van der Waals surface area contributed by atoms with Crippen molar-refractivity contribution in [3.63, 3.8) is 0 Å². The fourth-order valence-corrected chi connectivity index (χ4v) is 5.29. The molecule has 33 heavy (non-hydrogen) atoms. The SMILES string of the molecule is COc1ccc(S(=O)(=O)N(Cc2ccccc2)C(C)CS)cc1.NS(=O)(=O)c1ccccc1. The Morgan fingerprint density at radius 3 is 1.79 bits per heavy atom. The normalized spacial score (nSPS) is 12.5. The maximum absolute atomic E-state index is 13.0. The lowest BCUT2D eigenvalue weighted by Crippen LogP contribution is -2.39. The lowest BCUT2D eigenvalue weighted by atomic mass is 10.2. The van der Waals surface area contributed by atoms with E-state index in [4.69, 9.17) is 9.88 Å². The standard InChI is InChI=1S/C17H21NO3S2.C6H7NO2S/c1-14(13-22)18(12-15-6-4-3-5-7-15)23(19,20)17-10-8-16(21-2)9-11-17;7-10(8,9)6-4-2-1-3-5-6/h3-11,14,22H,12-13H2,1-2H3;1-5H,(H2,7,8,9). The monoisotopic (exact) mass is 508 g/mol. The zero-order valence-corrected chi connectivity index (χ0v) is 20.9. The van der Waals surface area contributed by atoms with Gasteiger partial charge in [0.05, 0.1) is 16.9 Å². The van der Waals surface area contributed by atoms with Crippen LogP contribution in [-0.4, -0.2) is 40.0 Å². The first kappa shape index (κ1) is 26.9. The van der Waals surface area contributed by atoms with Crippen molar-refractivity contribution in [2.75, 3.05) is 12.9 Å². The molecule has 0 aliphatic heterocycles. The fraction of sp³-hybridized carbons (Fsp3) is 0.217. The summed E-state index contributed by atoms with van der Waals surface area (Å²) in [6, 6.07) is 23.7. The van der Waals surface area contributed by atoms with Crippen molar-refractivity contribution >= 4 is 32.7 Å². The molecule has 3 aromatic rings. The third-order valence-corrected chi connectivity index (χ3v) is 8.11. The first-order valence-corrected chi connectivity index (χ1v) is 13.6. The second-order valence-corrected chi connectivity index (χ2v) is 10.9. The number of methoxy groups -OCH3 is 1. The van der Waals surface area contributed by atoms with Crippen LogP contribution < -0.4 is 9.88 Å². The van der Waals surface area contributed by atoms with E-state index in [1.165, 1.54) is 16.4 Å². The van der Waals surface area contributed by atoms with Gasteiger partial charge in [0.15, 0.2) is 0 Å². The molecular formula is C23H28N2O5S3. The largest absolute Gasteiger partial charge is 0.497 e. The molecular weight excluding hydrogens is 480 g/mol. The lowest BCUT2D eigenvalue weighted by molar-refractivity contribution is 0.352. The Hall–Kier alpha value is -2.37. The summed E-state index contributed by atoms with van der Waals surface area (Å²) in [6.45, 7) is 2.17. The van der Waals surface area contributed by atoms with E-state index >= 15 is 0 Å². The maximum atomic E-state index is 13.0. The number of hydrogen-bond donors (Lipinski definition) is 2. The molecule has 0 aliphatic rings. The third kappa shape index (κ3) is 7.86. The Bertz CT molecular complexity index is 1200. The summed E-state index contributed by atoms with van der Waals surface area (Å²) in [7, 11) is -5.56. The highest BCUT2D eigenvalue weighted by Crippen LogP contribution is 2.23. The molecule has 10 heteroatoms. The Morgan fingerprint density at radius 2 is 1.36 bits per heavy atom. The van der Waals surface area contributed by atoms with Crippen molar-refractivity contribution in [3.8, 4) is 5.75 Å². The van der Waals surface area contributed by atoms with Crippen LogP contribution in [0.3, 0.4) is 0 Å². The number of ether oxygens (including phenoxy) is 1. The van der Waals surface area contributed by atoms with Crippen molar-refractivity contribution < 1.29 is 21.6 Å². The van der Waals surface area contributed by atoms with Gasteiger partial charge in [-0.15, -0.1) is 0 Å². The van der Waals surface area contributed by atoms with Crippen LogP contribution in [0.1, 0.15) is 12.5 Å². The van der Waals surface area contributed by atoms with E-state index in [0.29, 0.717) is 18.0 Å². The second-order valence-electron chi connectivity index (χ2n) is 7.10. The molecule has 0 radical (unpaired) electrons. The van der Waals surface area contributed by atoms with Crippen molar-refractivity contribution in [2.24, 2.45) is 5.14 Å². The number of primary sulfonamides is 1. The van der Waals surface area contributed by atoms with E-state index < -0.39 is 20.0 Å². The predicted molar refractivity (Wildman–Crippen MR) is 133 cm³/mol. The van der Waals surface area contributed by atoms with E-state index in [1.807, 2.05) is 37.3 Å². The molecule has 7 nitrogen and oxygen atoms in total. The fourth-order valence-electron chi connectivity index (χ4n) is 2.83. The van der Waals surface area contributed by atoms with E-state index in [9.17, 15) is 16.8 Å². The minimum absolute atomic E-state index is 0.148. The van der Waals surface area contributed by atoms with E-state index in [1.54, 1.807) is 49.6 Å². The van der Waals surface area contributed by atoms with Crippen LogP contribution in [0.5, 0.6) is 5.75 Å². The predicted octanol–water partition coefficient (Wildman–Crippen LogP) is 3.54. The van der Waals surface area contributed by atoms with Crippen molar-refractivity contribution in [2.45, 2.75) is 29.3 Å². The summed E-state index contributed by atoms with van der Waals surface area (Å²) in [6.07, 6.45) is 0. The lowest BCUT2D eigenvalue weighted by Gasteiger charge is -2.27. The van der Waals surface area contributed by atoms with Crippen LogP contribution in [0, 0.1) is 0 Å². The minimum Gasteiger partial charge on any atom is -0.497 e. The highest BCUT2D eigenvalue weighted by atomic mass is 32.2. The van der Waals surface area contributed by atoms with Crippen LogP contribution in [0.15, 0.2) is 94.7 Å². The van der Waals surface area contributed by atoms with Crippen LogP contribution >= 0.6 is 12.6 Å². The van der Waals surface area contributed by atoms with Gasteiger partial charge in [0.25, 0.3) is 0 Å². The van der Waals surface area contributed by atoms with Gasteiger partial charge in [0.2, 0.25) is 20.0 Å². The van der Waals surface area contributed by atoms with Gasteiger partial charge in [-0.3, -0.25) is 0 Å². The van der Waals surface area contributed by atoms with Crippen LogP contribution in [0.2, 0.25) is 0 Å². The zero-order valence-electron chi connectivity index (χ0n) is 18.4. The Labute approximate surface area is 201 Å². The number of thiol groups is 1. The summed E-state index contributed by atoms with van der Waals surface area (Å²) in [5, 5.41) is 4.83. The van der Waals surface area contributed by atoms with Gasteiger partial charge in [0.1, 0.15) is 5.75 Å². The first-order valence-electron chi connectivity index (χ1n) is 9.98. The molecule has 3 aromatic carbocycles. The smallest absolute Gasteiger partial charge is 0.243 e. The zero-order chi connectivity index (χ0) is 24.5. The maximum Gasteiger partial charge on any atom is 0.243 e. The summed E-state index contributed by atoms with van der Waals surface area (Å²) >= 11 is 4.27. The van der Waals surface area contributed by atoms with Gasteiger partial charge < -0.3 is 4.74 Å². The average Bonchev–Trinajstić information content (AvgIpc) is 2.83. The second kappa shape index (κ2) is 12.2. The minimum atomic E-state index is -3.61. The molecule has 0 spiro atoms. The molecule has 0 heterocycles. The quantitative estimate of drug-likeness (QED) is 0.453. The molecule has 0 fully saturated rings. The van der Waals surface area contributed by atoms with Crippen LogP contribution in [-0.2, 0) is 26.6 Å². The Morgan fingerprint density at radius 1 is 0.848 bits per heavy atom. The van der Waals surface area contributed by atoms with Crippen LogP contribution in [0.4, 0.5) is 0 Å². The first-order chi connectivity index (χ1) is 15.6. The summed E-state index contributed by atoms with van der Waals surface area (Å²) in [5.74, 6) is 1.07.